The lowest BCUT2D eigenvalue weighted by molar-refractivity contribution is 0.0526. The summed E-state index contributed by atoms with van der Waals surface area (Å²) < 4.78 is 5.28. The number of carboxylic acid groups (broad SMARTS) is 1. The van der Waals surface area contributed by atoms with E-state index in [0.29, 0.717) is 28.0 Å². The summed E-state index contributed by atoms with van der Waals surface area (Å²) in [6, 6.07) is 6.30. The number of carboxylic acids is 1. The molecule has 0 saturated carbocycles. The van der Waals surface area contributed by atoms with Gasteiger partial charge in [0.15, 0.2) is 5.11 Å². The first-order valence-corrected chi connectivity index (χ1v) is 10.4. The van der Waals surface area contributed by atoms with Gasteiger partial charge in [-0.25, -0.2) is 9.59 Å². The van der Waals surface area contributed by atoms with Crippen molar-refractivity contribution in [3.05, 3.63) is 45.8 Å². The van der Waals surface area contributed by atoms with E-state index in [1.807, 2.05) is 0 Å². The molecule has 1 aliphatic rings. The fourth-order valence-electron chi connectivity index (χ4n) is 3.21. The van der Waals surface area contributed by atoms with Crippen molar-refractivity contribution < 1.29 is 19.4 Å². The number of anilines is 2. The molecule has 0 fully saturated rings. The molecular formula is C20H22N2O4S2. The van der Waals surface area contributed by atoms with Gasteiger partial charge in [0.2, 0.25) is 0 Å². The monoisotopic (exact) mass is 418 g/mol. The topological polar surface area (TPSA) is 87.7 Å². The minimum atomic E-state index is -0.980. The average Bonchev–Trinajstić information content (AvgIpc) is 2.82. The standard InChI is InChI=1S/C20H22N2O4S2/c1-2-26-19(25)16-14-6-4-3-5-7-15(14)28-17(16)22-20(27)21-13-10-8-12(9-11-13)18(23)24/h8-11H,2-7H2,1H3,(H,23,24)(H2,21,22,27). The predicted octanol–water partition coefficient (Wildman–Crippen LogP) is 4.70. The van der Waals surface area contributed by atoms with Gasteiger partial charge in [0.05, 0.1) is 17.7 Å². The van der Waals surface area contributed by atoms with E-state index in [-0.39, 0.29) is 11.5 Å². The maximum atomic E-state index is 12.6. The summed E-state index contributed by atoms with van der Waals surface area (Å²) in [7, 11) is 0. The van der Waals surface area contributed by atoms with Crippen LogP contribution in [0.3, 0.4) is 0 Å². The van der Waals surface area contributed by atoms with Crippen LogP contribution in [0.25, 0.3) is 0 Å². The number of thiocarbonyl (C=S) groups is 1. The Kier molecular flexibility index (Phi) is 6.64. The third-order valence-electron chi connectivity index (χ3n) is 4.52. The maximum absolute atomic E-state index is 12.6. The molecule has 0 saturated heterocycles. The minimum Gasteiger partial charge on any atom is -0.478 e. The van der Waals surface area contributed by atoms with Gasteiger partial charge in [0.25, 0.3) is 0 Å². The van der Waals surface area contributed by atoms with E-state index in [0.717, 1.165) is 31.2 Å². The van der Waals surface area contributed by atoms with Crippen LogP contribution >= 0.6 is 23.6 Å². The first-order valence-electron chi connectivity index (χ1n) is 9.22. The highest BCUT2D eigenvalue weighted by Gasteiger charge is 2.26. The van der Waals surface area contributed by atoms with Gasteiger partial charge in [-0.05, 0) is 74.7 Å². The van der Waals surface area contributed by atoms with E-state index < -0.39 is 5.97 Å². The van der Waals surface area contributed by atoms with Crippen molar-refractivity contribution in [2.75, 3.05) is 17.2 Å². The van der Waals surface area contributed by atoms with Crippen molar-refractivity contribution in [3.63, 3.8) is 0 Å². The normalized spacial score (nSPS) is 13.2. The molecule has 1 aromatic carbocycles. The van der Waals surface area contributed by atoms with E-state index in [9.17, 15) is 9.59 Å². The molecule has 0 bridgehead atoms. The zero-order valence-electron chi connectivity index (χ0n) is 15.5. The summed E-state index contributed by atoms with van der Waals surface area (Å²) in [6.07, 6.45) is 5.18. The predicted molar refractivity (Wildman–Crippen MR) is 115 cm³/mol. The Balaban J connectivity index is 1.79. The van der Waals surface area contributed by atoms with Gasteiger partial charge >= 0.3 is 11.9 Å². The fraction of sp³-hybridized carbons (Fsp3) is 0.350. The second-order valence-electron chi connectivity index (χ2n) is 6.45. The second-order valence-corrected chi connectivity index (χ2v) is 7.96. The van der Waals surface area contributed by atoms with Crippen LogP contribution in [0.5, 0.6) is 0 Å². The zero-order chi connectivity index (χ0) is 20.1. The van der Waals surface area contributed by atoms with Crippen LogP contribution in [-0.4, -0.2) is 28.8 Å². The lowest BCUT2D eigenvalue weighted by atomic mass is 10.1. The first kappa shape index (κ1) is 20.3. The highest BCUT2D eigenvalue weighted by molar-refractivity contribution is 7.80. The number of nitrogens with one attached hydrogen (secondary N) is 2. The molecule has 3 rings (SSSR count). The van der Waals surface area contributed by atoms with E-state index in [4.69, 9.17) is 22.1 Å². The van der Waals surface area contributed by atoms with Crippen molar-refractivity contribution in [1.29, 1.82) is 0 Å². The molecule has 1 heterocycles. The minimum absolute atomic E-state index is 0.205. The molecule has 1 aliphatic carbocycles. The average molecular weight is 419 g/mol. The molecular weight excluding hydrogens is 396 g/mol. The van der Waals surface area contributed by atoms with Crippen LogP contribution in [0.2, 0.25) is 0 Å². The lowest BCUT2D eigenvalue weighted by Gasteiger charge is -2.12. The van der Waals surface area contributed by atoms with E-state index in [1.165, 1.54) is 23.4 Å². The maximum Gasteiger partial charge on any atom is 0.341 e. The molecule has 2 aromatic rings. The lowest BCUT2D eigenvalue weighted by Crippen LogP contribution is -2.20. The Hall–Kier alpha value is -2.45. The second kappa shape index (κ2) is 9.16. The summed E-state index contributed by atoms with van der Waals surface area (Å²) in [5.41, 5.74) is 2.54. The zero-order valence-corrected chi connectivity index (χ0v) is 17.2. The molecule has 6 nitrogen and oxygen atoms in total. The number of hydrogen-bond acceptors (Lipinski definition) is 5. The molecule has 28 heavy (non-hydrogen) atoms. The van der Waals surface area contributed by atoms with Crippen LogP contribution in [0.1, 0.15) is 57.3 Å². The van der Waals surface area contributed by atoms with Crippen molar-refractivity contribution in [1.82, 2.24) is 0 Å². The van der Waals surface area contributed by atoms with Crippen LogP contribution in [-0.2, 0) is 17.6 Å². The van der Waals surface area contributed by atoms with E-state index in [2.05, 4.69) is 10.6 Å². The number of carbonyl (C=O) groups excluding carboxylic acids is 1. The van der Waals surface area contributed by atoms with Crippen molar-refractivity contribution >= 4 is 51.3 Å². The largest absolute Gasteiger partial charge is 0.478 e. The Bertz CT molecular complexity index is 890. The van der Waals surface area contributed by atoms with Crippen molar-refractivity contribution in [3.8, 4) is 0 Å². The number of aryl methyl sites for hydroxylation is 1. The molecule has 0 unspecified atom stereocenters. The summed E-state index contributed by atoms with van der Waals surface area (Å²) in [5, 5.41) is 16.2. The van der Waals surface area contributed by atoms with Gasteiger partial charge in [-0.15, -0.1) is 11.3 Å². The Morgan fingerprint density at radius 1 is 1.14 bits per heavy atom. The van der Waals surface area contributed by atoms with Gasteiger partial charge in [-0.2, -0.15) is 0 Å². The van der Waals surface area contributed by atoms with Gasteiger partial charge in [-0.1, -0.05) is 6.42 Å². The van der Waals surface area contributed by atoms with Crippen LogP contribution < -0.4 is 10.6 Å². The molecule has 0 amide bonds. The number of carbonyl (C=O) groups is 2. The van der Waals surface area contributed by atoms with Crippen LogP contribution in [0.4, 0.5) is 10.7 Å². The van der Waals surface area contributed by atoms with Gasteiger partial charge in [0.1, 0.15) is 5.00 Å². The summed E-state index contributed by atoms with van der Waals surface area (Å²) in [5.74, 6) is -1.30. The summed E-state index contributed by atoms with van der Waals surface area (Å²) in [4.78, 5) is 24.7. The molecule has 0 radical (unpaired) electrons. The van der Waals surface area contributed by atoms with Gasteiger partial charge < -0.3 is 20.5 Å². The van der Waals surface area contributed by atoms with E-state index >= 15 is 0 Å². The molecule has 148 valence electrons. The van der Waals surface area contributed by atoms with Crippen molar-refractivity contribution in [2.24, 2.45) is 0 Å². The third-order valence-corrected chi connectivity index (χ3v) is 5.93. The van der Waals surface area contributed by atoms with Crippen molar-refractivity contribution in [2.45, 2.75) is 39.0 Å². The molecule has 0 atom stereocenters. The van der Waals surface area contributed by atoms with Gasteiger partial charge in [0, 0.05) is 10.6 Å². The number of hydrogen-bond donors (Lipinski definition) is 3. The fourth-order valence-corrected chi connectivity index (χ4v) is 4.78. The Morgan fingerprint density at radius 3 is 2.54 bits per heavy atom. The Morgan fingerprint density at radius 2 is 1.86 bits per heavy atom. The molecule has 8 heteroatoms. The molecule has 0 spiro atoms. The molecule has 3 N–H and O–H groups in total. The van der Waals surface area contributed by atoms with Crippen LogP contribution in [0.15, 0.2) is 24.3 Å². The first-order chi connectivity index (χ1) is 13.5. The van der Waals surface area contributed by atoms with Crippen LogP contribution in [0, 0.1) is 0 Å². The highest BCUT2D eigenvalue weighted by atomic mass is 32.1. The number of ether oxygens (including phenoxy) is 1. The molecule has 0 aliphatic heterocycles. The number of thiophene rings is 1. The SMILES string of the molecule is CCOC(=O)c1c(NC(=S)Nc2ccc(C(=O)O)cc2)sc2c1CCCCC2. The number of benzene rings is 1. The summed E-state index contributed by atoms with van der Waals surface area (Å²) >= 11 is 6.95. The smallest absolute Gasteiger partial charge is 0.341 e. The number of rotatable bonds is 5. The number of esters is 1. The summed E-state index contributed by atoms with van der Waals surface area (Å²) in [6.45, 7) is 2.12. The van der Waals surface area contributed by atoms with Gasteiger partial charge in [-0.3, -0.25) is 0 Å². The number of aromatic carboxylic acids is 1. The highest BCUT2D eigenvalue weighted by Crippen LogP contribution is 2.38. The molecule has 1 aromatic heterocycles. The Labute approximate surface area is 172 Å². The van der Waals surface area contributed by atoms with E-state index in [1.54, 1.807) is 30.4 Å². The third kappa shape index (κ3) is 4.69. The number of fused-ring (bicyclic) bond motifs is 1. The quantitative estimate of drug-likeness (QED) is 0.368.